The maximum atomic E-state index is 12.4. The van der Waals surface area contributed by atoms with E-state index >= 15 is 0 Å². The second-order valence-electron chi connectivity index (χ2n) is 7.10. The molecule has 2 aromatic rings. The summed E-state index contributed by atoms with van der Waals surface area (Å²) in [5.41, 5.74) is 1.63. The Morgan fingerprint density at radius 3 is 2.83 bits per heavy atom. The molecule has 0 radical (unpaired) electrons. The molecule has 9 heteroatoms. The van der Waals surface area contributed by atoms with Gasteiger partial charge in [-0.3, -0.25) is 14.3 Å². The third-order valence-corrected chi connectivity index (χ3v) is 4.61. The van der Waals surface area contributed by atoms with Crippen LogP contribution in [0.15, 0.2) is 36.7 Å². The van der Waals surface area contributed by atoms with Gasteiger partial charge in [0.1, 0.15) is 25.0 Å². The molecule has 2 unspecified atom stereocenters. The Bertz CT molecular complexity index is 836. The van der Waals surface area contributed by atoms with Crippen LogP contribution in [0.25, 0.3) is 0 Å². The number of amides is 2. The number of benzene rings is 1. The predicted molar refractivity (Wildman–Crippen MR) is 106 cm³/mol. The largest absolute Gasteiger partial charge is 0.492 e. The molecular formula is C20H26N4O5. The van der Waals surface area contributed by atoms with E-state index in [9.17, 15) is 14.7 Å². The zero-order valence-electron chi connectivity index (χ0n) is 16.6. The maximum absolute atomic E-state index is 12.4. The van der Waals surface area contributed by atoms with Crippen LogP contribution in [0.3, 0.4) is 0 Å². The molecule has 1 aliphatic rings. The minimum atomic E-state index is -0.672. The normalized spacial score (nSPS) is 18.4. The van der Waals surface area contributed by atoms with E-state index in [0.29, 0.717) is 18.8 Å². The first kappa shape index (κ1) is 20.8. The molecule has 9 nitrogen and oxygen atoms in total. The number of carbonyl (C=O) groups excluding carboxylic acids is 2. The van der Waals surface area contributed by atoms with Gasteiger partial charge in [0, 0.05) is 19.7 Å². The SMILES string of the molecule is Cc1ccc(OCCN(C)C(=O)Cn2cc(NC(=O)C3CC(O)CO3)cn2)cc1. The number of anilines is 1. The third-order valence-electron chi connectivity index (χ3n) is 4.61. The van der Waals surface area contributed by atoms with E-state index < -0.39 is 12.2 Å². The van der Waals surface area contributed by atoms with Crippen LogP contribution in [0.4, 0.5) is 5.69 Å². The van der Waals surface area contributed by atoms with Gasteiger partial charge in [-0.1, -0.05) is 17.7 Å². The molecule has 2 amide bonds. The standard InChI is InChI=1S/C20H26N4O5/c1-14-3-5-17(6-4-14)28-8-7-23(2)19(26)12-24-11-15(10-21-24)22-20(27)18-9-16(25)13-29-18/h3-6,10-11,16,18,25H,7-9,12-13H2,1-2H3,(H,22,27). The summed E-state index contributed by atoms with van der Waals surface area (Å²) in [5.74, 6) is 0.307. The highest BCUT2D eigenvalue weighted by Gasteiger charge is 2.29. The van der Waals surface area contributed by atoms with E-state index in [4.69, 9.17) is 9.47 Å². The minimum absolute atomic E-state index is 0.0511. The monoisotopic (exact) mass is 402 g/mol. The average Bonchev–Trinajstić information content (AvgIpc) is 3.32. The van der Waals surface area contributed by atoms with E-state index in [1.807, 2.05) is 31.2 Å². The quantitative estimate of drug-likeness (QED) is 0.677. The Balaban J connectivity index is 1.41. The van der Waals surface area contributed by atoms with Crippen molar-refractivity contribution >= 4 is 17.5 Å². The number of hydrogen-bond acceptors (Lipinski definition) is 6. The second-order valence-corrected chi connectivity index (χ2v) is 7.10. The molecule has 0 spiro atoms. The van der Waals surface area contributed by atoms with Crippen LogP contribution >= 0.6 is 0 Å². The number of nitrogens with zero attached hydrogens (tertiary/aromatic N) is 3. The topological polar surface area (TPSA) is 106 Å². The number of aromatic nitrogens is 2. The Morgan fingerprint density at radius 2 is 2.14 bits per heavy atom. The number of nitrogens with one attached hydrogen (secondary N) is 1. The molecule has 2 heterocycles. The van der Waals surface area contributed by atoms with Crippen molar-refractivity contribution in [2.24, 2.45) is 0 Å². The Kier molecular flexibility index (Phi) is 6.84. The van der Waals surface area contributed by atoms with Crippen molar-refractivity contribution in [2.45, 2.75) is 32.1 Å². The molecule has 1 aromatic heterocycles. The van der Waals surface area contributed by atoms with E-state index in [-0.39, 0.29) is 31.4 Å². The summed E-state index contributed by atoms with van der Waals surface area (Å²) in [6.07, 6.45) is 2.04. The van der Waals surface area contributed by atoms with Crippen LogP contribution in [0.2, 0.25) is 0 Å². The van der Waals surface area contributed by atoms with Gasteiger partial charge in [0.25, 0.3) is 5.91 Å². The molecule has 3 rings (SSSR count). The summed E-state index contributed by atoms with van der Waals surface area (Å²) in [6, 6.07) is 7.74. The lowest BCUT2D eigenvalue weighted by molar-refractivity contribution is -0.131. The Morgan fingerprint density at radius 1 is 1.38 bits per heavy atom. The molecule has 0 saturated carbocycles. The van der Waals surface area contributed by atoms with Crippen molar-refractivity contribution in [1.82, 2.24) is 14.7 Å². The van der Waals surface area contributed by atoms with Crippen molar-refractivity contribution in [2.75, 3.05) is 32.1 Å². The smallest absolute Gasteiger partial charge is 0.253 e. The van der Waals surface area contributed by atoms with Gasteiger partial charge in [-0.05, 0) is 19.1 Å². The number of aliphatic hydroxyl groups excluding tert-OH is 1. The summed E-state index contributed by atoms with van der Waals surface area (Å²) >= 11 is 0. The van der Waals surface area contributed by atoms with Gasteiger partial charge in [0.15, 0.2) is 0 Å². The van der Waals surface area contributed by atoms with Gasteiger partial charge in [0.2, 0.25) is 5.91 Å². The summed E-state index contributed by atoms with van der Waals surface area (Å²) in [5, 5.41) is 16.2. The number of ether oxygens (including phenoxy) is 2. The molecule has 1 fully saturated rings. The van der Waals surface area contributed by atoms with Gasteiger partial charge in [0.05, 0.1) is 31.1 Å². The lowest BCUT2D eigenvalue weighted by Crippen LogP contribution is -2.33. The number of rotatable bonds is 8. The molecule has 1 aliphatic heterocycles. The van der Waals surface area contributed by atoms with Crippen molar-refractivity contribution in [1.29, 1.82) is 0 Å². The van der Waals surface area contributed by atoms with Crippen molar-refractivity contribution in [3.05, 3.63) is 42.2 Å². The number of aliphatic hydroxyl groups is 1. The van der Waals surface area contributed by atoms with Crippen LogP contribution in [0, 0.1) is 6.92 Å². The summed E-state index contributed by atoms with van der Waals surface area (Å²) in [4.78, 5) is 26.0. The average molecular weight is 402 g/mol. The van der Waals surface area contributed by atoms with Gasteiger partial charge >= 0.3 is 0 Å². The Hall–Kier alpha value is -2.91. The van der Waals surface area contributed by atoms with Crippen LogP contribution in [0.1, 0.15) is 12.0 Å². The predicted octanol–water partition coefficient (Wildman–Crippen LogP) is 0.817. The summed E-state index contributed by atoms with van der Waals surface area (Å²) in [6.45, 7) is 3.05. The van der Waals surface area contributed by atoms with E-state index in [1.165, 1.54) is 10.9 Å². The van der Waals surface area contributed by atoms with Crippen LogP contribution in [-0.2, 0) is 20.9 Å². The molecule has 2 atom stereocenters. The molecule has 29 heavy (non-hydrogen) atoms. The summed E-state index contributed by atoms with van der Waals surface area (Å²) < 4.78 is 12.3. The fraction of sp³-hybridized carbons (Fsp3) is 0.450. The van der Waals surface area contributed by atoms with Gasteiger partial charge < -0.3 is 24.8 Å². The molecule has 1 aromatic carbocycles. The van der Waals surface area contributed by atoms with Crippen molar-refractivity contribution < 1.29 is 24.2 Å². The van der Waals surface area contributed by atoms with E-state index in [0.717, 1.165) is 11.3 Å². The molecule has 1 saturated heterocycles. The zero-order valence-corrected chi connectivity index (χ0v) is 16.6. The number of carbonyl (C=O) groups is 2. The third kappa shape index (κ3) is 6.03. The van der Waals surface area contributed by atoms with Crippen molar-refractivity contribution in [3.8, 4) is 5.75 Å². The first-order valence-corrected chi connectivity index (χ1v) is 9.47. The molecule has 156 valence electrons. The lowest BCUT2D eigenvalue weighted by atomic mass is 10.2. The lowest BCUT2D eigenvalue weighted by Gasteiger charge is -2.17. The molecule has 0 aliphatic carbocycles. The Labute approximate surface area is 169 Å². The fourth-order valence-electron chi connectivity index (χ4n) is 2.85. The number of likely N-dealkylation sites (N-methyl/N-ethyl adjacent to an activating group) is 1. The number of hydrogen-bond donors (Lipinski definition) is 2. The first-order valence-electron chi connectivity index (χ1n) is 9.47. The van der Waals surface area contributed by atoms with Crippen LogP contribution in [-0.4, -0.2) is 70.6 Å². The fourth-order valence-corrected chi connectivity index (χ4v) is 2.85. The van der Waals surface area contributed by atoms with Crippen LogP contribution < -0.4 is 10.1 Å². The molecule has 0 bridgehead atoms. The molecule has 2 N–H and O–H groups in total. The van der Waals surface area contributed by atoms with Crippen LogP contribution in [0.5, 0.6) is 5.75 Å². The maximum Gasteiger partial charge on any atom is 0.253 e. The highest BCUT2D eigenvalue weighted by atomic mass is 16.5. The van der Waals surface area contributed by atoms with Gasteiger partial charge in [-0.25, -0.2) is 0 Å². The van der Waals surface area contributed by atoms with E-state index in [1.54, 1.807) is 18.1 Å². The summed E-state index contributed by atoms with van der Waals surface area (Å²) in [7, 11) is 1.70. The van der Waals surface area contributed by atoms with Gasteiger partial charge in [-0.15, -0.1) is 0 Å². The van der Waals surface area contributed by atoms with E-state index in [2.05, 4.69) is 10.4 Å². The van der Waals surface area contributed by atoms with Gasteiger partial charge in [-0.2, -0.15) is 5.10 Å². The van der Waals surface area contributed by atoms with Crippen molar-refractivity contribution in [3.63, 3.8) is 0 Å². The first-order chi connectivity index (χ1) is 13.9. The number of aryl methyl sites for hydroxylation is 1. The highest BCUT2D eigenvalue weighted by Crippen LogP contribution is 2.16. The molecular weight excluding hydrogens is 376 g/mol. The second kappa shape index (κ2) is 9.53. The minimum Gasteiger partial charge on any atom is -0.492 e. The zero-order chi connectivity index (χ0) is 20.8. The highest BCUT2D eigenvalue weighted by molar-refractivity contribution is 5.94.